The Bertz CT molecular complexity index is 838. The van der Waals surface area contributed by atoms with Crippen LogP contribution >= 0.6 is 0 Å². The molecule has 3 N–H and O–H groups in total. The molecule has 6 nitrogen and oxygen atoms in total. The maximum atomic E-state index is 12.2. The molecule has 0 unspecified atom stereocenters. The van der Waals surface area contributed by atoms with Crippen LogP contribution in [0.4, 0.5) is 11.4 Å². The molecular formula is C18H16N4O2. The van der Waals surface area contributed by atoms with Crippen molar-refractivity contribution in [1.29, 1.82) is 0 Å². The minimum atomic E-state index is -0.210. The normalized spacial score (nSPS) is 10.2. The van der Waals surface area contributed by atoms with Crippen LogP contribution < -0.4 is 10.6 Å². The van der Waals surface area contributed by atoms with E-state index in [1.165, 1.54) is 6.92 Å². The number of amides is 2. The smallest absolute Gasteiger partial charge is 0.255 e. The summed E-state index contributed by atoms with van der Waals surface area (Å²) in [5, 5.41) is 12.3. The van der Waals surface area contributed by atoms with E-state index in [4.69, 9.17) is 0 Å². The Balaban J connectivity index is 1.67. The van der Waals surface area contributed by atoms with Crippen LogP contribution in [-0.4, -0.2) is 22.0 Å². The number of carbonyl (C=O) groups excluding carboxylic acids is 2. The van der Waals surface area contributed by atoms with E-state index in [0.29, 0.717) is 16.9 Å². The second-order valence-electron chi connectivity index (χ2n) is 5.26. The highest BCUT2D eigenvalue weighted by atomic mass is 16.2. The zero-order valence-corrected chi connectivity index (χ0v) is 13.0. The second-order valence-corrected chi connectivity index (χ2v) is 5.26. The number of nitrogens with one attached hydrogen (secondary N) is 3. The Morgan fingerprint density at radius 1 is 0.875 bits per heavy atom. The van der Waals surface area contributed by atoms with Crippen LogP contribution in [0.3, 0.4) is 0 Å². The largest absolute Gasteiger partial charge is 0.326 e. The topological polar surface area (TPSA) is 86.9 Å². The fourth-order valence-corrected chi connectivity index (χ4v) is 2.26. The lowest BCUT2D eigenvalue weighted by Crippen LogP contribution is -2.12. The van der Waals surface area contributed by atoms with E-state index in [1.54, 1.807) is 30.5 Å². The van der Waals surface area contributed by atoms with E-state index in [-0.39, 0.29) is 11.8 Å². The molecular weight excluding hydrogens is 304 g/mol. The van der Waals surface area contributed by atoms with E-state index in [2.05, 4.69) is 20.8 Å². The van der Waals surface area contributed by atoms with Crippen molar-refractivity contribution in [3.8, 4) is 11.3 Å². The molecule has 0 saturated carbocycles. The first-order chi connectivity index (χ1) is 11.6. The van der Waals surface area contributed by atoms with Gasteiger partial charge in [-0.05, 0) is 48.0 Å². The number of carbonyl (C=O) groups is 2. The number of aromatic nitrogens is 2. The molecule has 0 radical (unpaired) electrons. The maximum absolute atomic E-state index is 12.2. The molecule has 0 atom stereocenters. The van der Waals surface area contributed by atoms with Crippen molar-refractivity contribution in [3.63, 3.8) is 0 Å². The van der Waals surface area contributed by atoms with Gasteiger partial charge in [-0.1, -0.05) is 12.1 Å². The molecule has 0 fully saturated rings. The van der Waals surface area contributed by atoms with Crippen LogP contribution in [0.25, 0.3) is 11.3 Å². The third kappa shape index (κ3) is 3.67. The summed E-state index contributed by atoms with van der Waals surface area (Å²) in [6, 6.07) is 16.1. The van der Waals surface area contributed by atoms with Crippen LogP contribution in [0.15, 0.2) is 60.8 Å². The average Bonchev–Trinajstić information content (AvgIpc) is 3.10. The van der Waals surface area contributed by atoms with Gasteiger partial charge in [0, 0.05) is 30.1 Å². The number of aromatic amines is 1. The molecule has 2 amide bonds. The van der Waals surface area contributed by atoms with E-state index in [9.17, 15) is 9.59 Å². The van der Waals surface area contributed by atoms with E-state index < -0.39 is 0 Å². The molecule has 0 aliphatic rings. The molecule has 0 aliphatic carbocycles. The molecule has 120 valence electrons. The van der Waals surface area contributed by atoms with Crippen molar-refractivity contribution in [2.45, 2.75) is 6.92 Å². The van der Waals surface area contributed by atoms with Crippen molar-refractivity contribution in [2.75, 3.05) is 10.6 Å². The SMILES string of the molecule is CC(=O)Nc1ccc(C(=O)Nc2ccc(-c3ccn[nH]3)cc2)cc1. The molecule has 24 heavy (non-hydrogen) atoms. The molecule has 3 rings (SSSR count). The summed E-state index contributed by atoms with van der Waals surface area (Å²) in [6.07, 6.45) is 1.69. The lowest BCUT2D eigenvalue weighted by atomic mass is 10.1. The first-order valence-electron chi connectivity index (χ1n) is 7.40. The first-order valence-corrected chi connectivity index (χ1v) is 7.40. The number of rotatable bonds is 4. The number of H-pyrrole nitrogens is 1. The molecule has 0 aliphatic heterocycles. The molecule has 0 bridgehead atoms. The lowest BCUT2D eigenvalue weighted by molar-refractivity contribution is -0.114. The fourth-order valence-electron chi connectivity index (χ4n) is 2.26. The van der Waals surface area contributed by atoms with Gasteiger partial charge in [-0.15, -0.1) is 0 Å². The third-order valence-electron chi connectivity index (χ3n) is 3.42. The van der Waals surface area contributed by atoms with Gasteiger partial charge < -0.3 is 10.6 Å². The number of anilines is 2. The second kappa shape index (κ2) is 6.78. The van der Waals surface area contributed by atoms with Crippen molar-refractivity contribution >= 4 is 23.2 Å². The van der Waals surface area contributed by atoms with Gasteiger partial charge in [-0.25, -0.2) is 0 Å². The first kappa shape index (κ1) is 15.5. The molecule has 1 aromatic heterocycles. The monoisotopic (exact) mass is 320 g/mol. The van der Waals surface area contributed by atoms with Crippen LogP contribution in [0.1, 0.15) is 17.3 Å². The van der Waals surface area contributed by atoms with Crippen LogP contribution in [0.5, 0.6) is 0 Å². The summed E-state index contributed by atoms with van der Waals surface area (Å²) in [5.41, 5.74) is 3.78. The zero-order chi connectivity index (χ0) is 16.9. The fraction of sp³-hybridized carbons (Fsp3) is 0.0556. The van der Waals surface area contributed by atoms with Gasteiger partial charge in [-0.2, -0.15) is 5.10 Å². The summed E-state index contributed by atoms with van der Waals surface area (Å²) in [5.74, 6) is -0.358. The Morgan fingerprint density at radius 3 is 2.08 bits per heavy atom. The predicted molar refractivity (Wildman–Crippen MR) is 92.7 cm³/mol. The van der Waals surface area contributed by atoms with Gasteiger partial charge in [-0.3, -0.25) is 14.7 Å². The Morgan fingerprint density at radius 2 is 1.50 bits per heavy atom. The molecule has 0 saturated heterocycles. The lowest BCUT2D eigenvalue weighted by Gasteiger charge is -2.07. The predicted octanol–water partition coefficient (Wildman–Crippen LogP) is 3.29. The van der Waals surface area contributed by atoms with Crippen molar-refractivity contribution < 1.29 is 9.59 Å². The van der Waals surface area contributed by atoms with Crippen molar-refractivity contribution in [3.05, 3.63) is 66.4 Å². The Hall–Kier alpha value is -3.41. The Labute approximate surface area is 138 Å². The third-order valence-corrected chi connectivity index (χ3v) is 3.42. The molecule has 1 heterocycles. The minimum Gasteiger partial charge on any atom is -0.326 e. The highest BCUT2D eigenvalue weighted by Gasteiger charge is 2.07. The number of nitrogens with zero attached hydrogens (tertiary/aromatic N) is 1. The summed E-state index contributed by atoms with van der Waals surface area (Å²) >= 11 is 0. The molecule has 2 aromatic carbocycles. The van der Waals surface area contributed by atoms with Gasteiger partial charge in [0.2, 0.25) is 5.91 Å². The maximum Gasteiger partial charge on any atom is 0.255 e. The average molecular weight is 320 g/mol. The molecule has 0 spiro atoms. The van der Waals surface area contributed by atoms with Crippen LogP contribution in [-0.2, 0) is 4.79 Å². The van der Waals surface area contributed by atoms with Gasteiger partial charge in [0.15, 0.2) is 0 Å². The number of benzene rings is 2. The zero-order valence-electron chi connectivity index (χ0n) is 13.0. The van der Waals surface area contributed by atoms with Gasteiger partial charge in [0.25, 0.3) is 5.91 Å². The van der Waals surface area contributed by atoms with Gasteiger partial charge >= 0.3 is 0 Å². The van der Waals surface area contributed by atoms with E-state index >= 15 is 0 Å². The number of hydrogen-bond acceptors (Lipinski definition) is 3. The summed E-state index contributed by atoms with van der Waals surface area (Å²) in [4.78, 5) is 23.2. The summed E-state index contributed by atoms with van der Waals surface area (Å²) < 4.78 is 0. The molecule has 3 aromatic rings. The van der Waals surface area contributed by atoms with Crippen molar-refractivity contribution in [2.24, 2.45) is 0 Å². The highest BCUT2D eigenvalue weighted by molar-refractivity contribution is 6.04. The van der Waals surface area contributed by atoms with E-state index in [0.717, 1.165) is 11.3 Å². The minimum absolute atomic E-state index is 0.149. The van der Waals surface area contributed by atoms with Crippen molar-refractivity contribution in [1.82, 2.24) is 10.2 Å². The Kier molecular flexibility index (Phi) is 4.38. The highest BCUT2D eigenvalue weighted by Crippen LogP contribution is 2.19. The molecule has 6 heteroatoms. The number of hydrogen-bond donors (Lipinski definition) is 3. The van der Waals surface area contributed by atoms with Crippen LogP contribution in [0, 0.1) is 0 Å². The van der Waals surface area contributed by atoms with Gasteiger partial charge in [0.05, 0.1) is 5.69 Å². The van der Waals surface area contributed by atoms with Gasteiger partial charge in [0.1, 0.15) is 0 Å². The quantitative estimate of drug-likeness (QED) is 0.689. The van der Waals surface area contributed by atoms with Crippen LogP contribution in [0.2, 0.25) is 0 Å². The van der Waals surface area contributed by atoms with E-state index in [1.807, 2.05) is 30.3 Å². The summed E-state index contributed by atoms with van der Waals surface area (Å²) in [7, 11) is 0. The summed E-state index contributed by atoms with van der Waals surface area (Å²) in [6.45, 7) is 1.44. The standard InChI is InChI=1S/C18H16N4O2/c1-12(23)20-15-8-4-14(5-9-15)18(24)21-16-6-2-13(3-7-16)17-10-11-19-22-17/h2-11H,1H3,(H,19,22)(H,20,23)(H,21,24).